The molecular formula is C39H27N3O. The number of para-hydroxylation sites is 3. The summed E-state index contributed by atoms with van der Waals surface area (Å²) in [6.45, 7) is 4.61. The van der Waals surface area contributed by atoms with Gasteiger partial charge >= 0.3 is 0 Å². The topological polar surface area (TPSA) is 39.9 Å². The van der Waals surface area contributed by atoms with Crippen molar-refractivity contribution in [3.8, 4) is 28.7 Å². The van der Waals surface area contributed by atoms with Crippen LogP contribution in [0.2, 0.25) is 0 Å². The largest absolute Gasteiger partial charge is 0.454 e. The number of fused-ring (bicyclic) bond motifs is 10. The van der Waals surface area contributed by atoms with Crippen LogP contribution in [0.15, 0.2) is 127 Å². The fourth-order valence-corrected chi connectivity index (χ4v) is 7.11. The lowest BCUT2D eigenvalue weighted by molar-refractivity contribution is 0.424. The third kappa shape index (κ3) is 3.32. The first-order valence-electron chi connectivity index (χ1n) is 14.7. The molecule has 0 saturated carbocycles. The first-order valence-corrected chi connectivity index (χ1v) is 14.7. The molecule has 0 atom stereocenters. The molecular weight excluding hydrogens is 526 g/mol. The molecule has 4 heteroatoms. The Bertz CT molecular complexity index is 2400. The number of nitrogens with zero attached hydrogens (tertiary/aromatic N) is 3. The Balaban J connectivity index is 1.50. The zero-order valence-corrected chi connectivity index (χ0v) is 23.9. The van der Waals surface area contributed by atoms with Crippen LogP contribution in [0.5, 0.6) is 11.5 Å². The number of aromatic nitrogens is 3. The van der Waals surface area contributed by atoms with E-state index >= 15 is 0 Å². The molecule has 0 bridgehead atoms. The van der Waals surface area contributed by atoms with Gasteiger partial charge in [0.15, 0.2) is 5.75 Å². The number of benzene rings is 6. The minimum atomic E-state index is -0.293. The van der Waals surface area contributed by atoms with Crippen molar-refractivity contribution in [1.29, 1.82) is 0 Å². The summed E-state index contributed by atoms with van der Waals surface area (Å²) in [6.07, 6.45) is 0. The van der Waals surface area contributed by atoms with E-state index in [2.05, 4.69) is 122 Å². The van der Waals surface area contributed by atoms with Crippen LogP contribution in [0.1, 0.15) is 25.0 Å². The van der Waals surface area contributed by atoms with Crippen LogP contribution in [-0.2, 0) is 5.41 Å². The van der Waals surface area contributed by atoms with E-state index in [0.717, 1.165) is 55.5 Å². The van der Waals surface area contributed by atoms with Crippen LogP contribution in [0.4, 0.5) is 0 Å². The van der Waals surface area contributed by atoms with Gasteiger partial charge in [-0.25, -0.2) is 9.97 Å². The van der Waals surface area contributed by atoms with Gasteiger partial charge in [0, 0.05) is 38.3 Å². The summed E-state index contributed by atoms with van der Waals surface area (Å²) in [6, 6.07) is 44.3. The maximum Gasteiger partial charge on any atom is 0.235 e. The highest BCUT2D eigenvalue weighted by Gasteiger charge is 2.38. The molecule has 8 aromatic rings. The number of hydrogen-bond donors (Lipinski definition) is 0. The molecule has 2 aromatic heterocycles. The lowest BCUT2D eigenvalue weighted by atomic mass is 9.73. The van der Waals surface area contributed by atoms with E-state index in [4.69, 9.17) is 14.7 Å². The highest BCUT2D eigenvalue weighted by molar-refractivity contribution is 6.24. The Hall–Kier alpha value is -5.48. The lowest BCUT2D eigenvalue weighted by Crippen LogP contribution is -2.25. The Morgan fingerprint density at radius 3 is 2.09 bits per heavy atom. The standard InChI is InChI=1S/C39H27N3O/c1-39(2)29-20-10-13-23-32(29)43-37-34(39)26-17-7-6-16-25(26)33-28-19-9-12-22-31(28)42(36(33)37)38-40-30-21-11-8-18-27(30)35(41-38)24-14-4-3-5-15-24/h3-23H,1-2H3. The van der Waals surface area contributed by atoms with E-state index in [1.807, 2.05) is 24.3 Å². The minimum absolute atomic E-state index is 0.293. The summed E-state index contributed by atoms with van der Waals surface area (Å²) in [5.74, 6) is 2.38. The lowest BCUT2D eigenvalue weighted by Gasteiger charge is -2.36. The van der Waals surface area contributed by atoms with E-state index in [-0.39, 0.29) is 5.41 Å². The Labute approximate surface area is 248 Å². The van der Waals surface area contributed by atoms with E-state index in [9.17, 15) is 0 Å². The second-order valence-electron chi connectivity index (χ2n) is 11.8. The Kier molecular flexibility index (Phi) is 4.92. The molecule has 0 amide bonds. The van der Waals surface area contributed by atoms with Crippen LogP contribution in [0, 0.1) is 0 Å². The van der Waals surface area contributed by atoms with Gasteiger partial charge in [0.2, 0.25) is 5.95 Å². The second kappa shape index (κ2) is 8.76. The van der Waals surface area contributed by atoms with Gasteiger partial charge in [-0.3, -0.25) is 4.57 Å². The van der Waals surface area contributed by atoms with E-state index < -0.39 is 0 Å². The maximum atomic E-state index is 6.95. The van der Waals surface area contributed by atoms with Crippen LogP contribution in [0.3, 0.4) is 0 Å². The zero-order valence-electron chi connectivity index (χ0n) is 23.9. The van der Waals surface area contributed by atoms with Gasteiger partial charge in [0.05, 0.1) is 16.7 Å². The molecule has 1 aliphatic heterocycles. The van der Waals surface area contributed by atoms with Gasteiger partial charge in [0.25, 0.3) is 0 Å². The molecule has 0 spiro atoms. The van der Waals surface area contributed by atoms with E-state index in [0.29, 0.717) is 5.95 Å². The first-order chi connectivity index (χ1) is 21.1. The molecule has 3 heterocycles. The molecule has 9 rings (SSSR count). The van der Waals surface area contributed by atoms with Crippen molar-refractivity contribution >= 4 is 43.5 Å². The predicted molar refractivity (Wildman–Crippen MR) is 175 cm³/mol. The molecule has 0 radical (unpaired) electrons. The summed E-state index contributed by atoms with van der Waals surface area (Å²) < 4.78 is 9.17. The van der Waals surface area contributed by atoms with Gasteiger partial charge in [-0.05, 0) is 29.0 Å². The molecule has 0 fully saturated rings. The highest BCUT2D eigenvalue weighted by Crippen LogP contribution is 2.55. The third-order valence-corrected chi connectivity index (χ3v) is 9.02. The molecule has 43 heavy (non-hydrogen) atoms. The average Bonchev–Trinajstić information content (AvgIpc) is 3.40. The van der Waals surface area contributed by atoms with Crippen molar-refractivity contribution in [3.63, 3.8) is 0 Å². The Morgan fingerprint density at radius 2 is 1.26 bits per heavy atom. The normalized spacial score (nSPS) is 13.7. The molecule has 204 valence electrons. The summed E-state index contributed by atoms with van der Waals surface area (Å²) in [5, 5.41) is 5.73. The minimum Gasteiger partial charge on any atom is -0.454 e. The molecule has 4 nitrogen and oxygen atoms in total. The van der Waals surface area contributed by atoms with Crippen LogP contribution >= 0.6 is 0 Å². The van der Waals surface area contributed by atoms with E-state index in [1.54, 1.807) is 0 Å². The van der Waals surface area contributed by atoms with Crippen molar-refractivity contribution in [2.45, 2.75) is 19.3 Å². The fourth-order valence-electron chi connectivity index (χ4n) is 7.11. The summed E-state index contributed by atoms with van der Waals surface area (Å²) >= 11 is 0. The molecule has 0 N–H and O–H groups in total. The summed E-state index contributed by atoms with van der Waals surface area (Å²) in [4.78, 5) is 10.5. The van der Waals surface area contributed by atoms with Gasteiger partial charge < -0.3 is 4.74 Å². The summed E-state index contributed by atoms with van der Waals surface area (Å²) in [5.41, 5.74) is 6.98. The average molecular weight is 554 g/mol. The molecule has 0 saturated heterocycles. The number of rotatable bonds is 2. The molecule has 0 unspecified atom stereocenters. The SMILES string of the molecule is CC1(C)c2ccccc2Oc2c1c1ccccc1c1c3ccccc3n(-c3nc(-c4ccccc4)c4ccccc4n3)c21. The number of hydrogen-bond acceptors (Lipinski definition) is 3. The third-order valence-electron chi connectivity index (χ3n) is 9.02. The van der Waals surface area contributed by atoms with E-state index in [1.165, 1.54) is 21.9 Å². The van der Waals surface area contributed by atoms with Crippen molar-refractivity contribution in [2.24, 2.45) is 0 Å². The van der Waals surface area contributed by atoms with Crippen LogP contribution in [-0.4, -0.2) is 14.5 Å². The van der Waals surface area contributed by atoms with Gasteiger partial charge in [0.1, 0.15) is 11.3 Å². The van der Waals surface area contributed by atoms with Gasteiger partial charge in [-0.15, -0.1) is 0 Å². The maximum absolute atomic E-state index is 6.95. The van der Waals surface area contributed by atoms with Crippen molar-refractivity contribution < 1.29 is 4.74 Å². The van der Waals surface area contributed by atoms with Gasteiger partial charge in [-0.1, -0.05) is 123 Å². The second-order valence-corrected chi connectivity index (χ2v) is 11.8. The monoisotopic (exact) mass is 553 g/mol. The van der Waals surface area contributed by atoms with Crippen LogP contribution < -0.4 is 4.74 Å². The number of ether oxygens (including phenoxy) is 1. The highest BCUT2D eigenvalue weighted by atomic mass is 16.5. The zero-order chi connectivity index (χ0) is 28.7. The summed E-state index contributed by atoms with van der Waals surface area (Å²) in [7, 11) is 0. The van der Waals surface area contributed by atoms with Crippen LogP contribution in [0.25, 0.3) is 60.7 Å². The fraction of sp³-hybridized carbons (Fsp3) is 0.0769. The van der Waals surface area contributed by atoms with Crippen molar-refractivity contribution in [3.05, 3.63) is 139 Å². The van der Waals surface area contributed by atoms with Crippen molar-refractivity contribution in [2.75, 3.05) is 0 Å². The smallest absolute Gasteiger partial charge is 0.235 e. The Morgan fingerprint density at radius 1 is 0.605 bits per heavy atom. The quantitative estimate of drug-likeness (QED) is 0.214. The first kappa shape index (κ1) is 24.2. The molecule has 1 aliphatic rings. The van der Waals surface area contributed by atoms with Crippen molar-refractivity contribution in [1.82, 2.24) is 14.5 Å². The molecule has 0 aliphatic carbocycles. The molecule has 6 aromatic carbocycles. The predicted octanol–water partition coefficient (Wildman–Crippen LogP) is 9.98. The van der Waals surface area contributed by atoms with Gasteiger partial charge in [-0.2, -0.15) is 0 Å².